The van der Waals surface area contributed by atoms with E-state index in [0.29, 0.717) is 31.2 Å². The van der Waals surface area contributed by atoms with Crippen molar-refractivity contribution in [3.63, 3.8) is 0 Å². The van der Waals surface area contributed by atoms with E-state index in [4.69, 9.17) is 13.6 Å². The van der Waals surface area contributed by atoms with Crippen LogP contribution < -0.4 is 4.74 Å². The largest absolute Gasteiger partial charge is 0.485 e. The fraction of sp³-hybridized carbons (Fsp3) is 0.481. The van der Waals surface area contributed by atoms with Gasteiger partial charge in [0, 0.05) is 31.6 Å². The predicted molar refractivity (Wildman–Crippen MR) is 130 cm³/mol. The van der Waals surface area contributed by atoms with Crippen molar-refractivity contribution in [1.29, 1.82) is 0 Å². The first-order valence-corrected chi connectivity index (χ1v) is 11.9. The summed E-state index contributed by atoms with van der Waals surface area (Å²) in [5, 5.41) is 0. The molecular formula is C27H35N3O4. The third-order valence-corrected chi connectivity index (χ3v) is 6.11. The van der Waals surface area contributed by atoms with Gasteiger partial charge < -0.3 is 18.5 Å². The number of rotatable bonds is 6. The molecule has 7 nitrogen and oxygen atoms in total. The number of benzene rings is 1. The second-order valence-corrected chi connectivity index (χ2v) is 10.1. The molecule has 0 atom stereocenters. The van der Waals surface area contributed by atoms with Crippen LogP contribution in [0.15, 0.2) is 45.4 Å². The lowest BCUT2D eigenvalue weighted by atomic mass is 9.94. The topological polar surface area (TPSA) is 72.0 Å². The Morgan fingerprint density at radius 2 is 1.88 bits per heavy atom. The minimum Gasteiger partial charge on any atom is -0.485 e. The van der Waals surface area contributed by atoms with Gasteiger partial charge in [0.25, 0.3) is 5.91 Å². The number of ether oxygens (including phenoxy) is 1. The zero-order valence-electron chi connectivity index (χ0n) is 20.9. The van der Waals surface area contributed by atoms with Gasteiger partial charge in [0.15, 0.2) is 5.76 Å². The standard InChI is InChI=1S/C27H35N3O4/c1-19-7-8-20(2)23(15-19)32-18-21-9-10-22(33-21)26(31)30-12-6-11-29(13-14-30)17-25-28-16-24(34-25)27(3,4)5/h7-10,15-16H,6,11-14,17-18H2,1-5H3. The van der Waals surface area contributed by atoms with E-state index in [1.54, 1.807) is 6.07 Å². The Hall–Kier alpha value is -3.06. The molecule has 4 rings (SSSR count). The lowest BCUT2D eigenvalue weighted by molar-refractivity contribution is 0.0724. The van der Waals surface area contributed by atoms with Gasteiger partial charge in [-0.25, -0.2) is 4.98 Å². The SMILES string of the molecule is Cc1ccc(C)c(OCc2ccc(C(=O)N3CCCN(Cc4ncc(C(C)(C)C)o4)CC3)o2)c1. The van der Waals surface area contributed by atoms with Crippen molar-refractivity contribution in [3.8, 4) is 5.75 Å². The highest BCUT2D eigenvalue weighted by Crippen LogP contribution is 2.24. The summed E-state index contributed by atoms with van der Waals surface area (Å²) in [6.07, 6.45) is 2.71. The van der Waals surface area contributed by atoms with Gasteiger partial charge in [-0.3, -0.25) is 9.69 Å². The van der Waals surface area contributed by atoms with Crippen molar-refractivity contribution in [3.05, 3.63) is 70.8 Å². The monoisotopic (exact) mass is 465 g/mol. The number of oxazole rings is 1. The normalized spacial score (nSPS) is 15.4. The van der Waals surface area contributed by atoms with Crippen molar-refractivity contribution >= 4 is 5.91 Å². The Labute approximate surface area is 201 Å². The molecule has 3 heterocycles. The third-order valence-electron chi connectivity index (χ3n) is 6.11. The van der Waals surface area contributed by atoms with Crippen LogP contribution in [0.5, 0.6) is 5.75 Å². The smallest absolute Gasteiger partial charge is 0.289 e. The van der Waals surface area contributed by atoms with Crippen molar-refractivity contribution < 1.29 is 18.4 Å². The zero-order valence-corrected chi connectivity index (χ0v) is 20.9. The molecule has 34 heavy (non-hydrogen) atoms. The van der Waals surface area contributed by atoms with E-state index < -0.39 is 0 Å². The molecule has 182 valence electrons. The minimum absolute atomic E-state index is 0.0565. The van der Waals surface area contributed by atoms with E-state index in [9.17, 15) is 4.79 Å². The molecule has 1 aliphatic heterocycles. The zero-order chi connectivity index (χ0) is 24.3. The molecule has 1 aromatic carbocycles. The summed E-state index contributed by atoms with van der Waals surface area (Å²) < 4.78 is 17.7. The molecule has 2 aromatic heterocycles. The van der Waals surface area contributed by atoms with Crippen molar-refractivity contribution in [2.45, 2.75) is 59.6 Å². The molecule has 1 amide bonds. The molecule has 0 spiro atoms. The minimum atomic E-state index is -0.0778. The summed E-state index contributed by atoms with van der Waals surface area (Å²) in [5.41, 5.74) is 2.16. The van der Waals surface area contributed by atoms with Gasteiger partial charge in [0.05, 0.1) is 12.7 Å². The van der Waals surface area contributed by atoms with Crippen LogP contribution >= 0.6 is 0 Å². The van der Waals surface area contributed by atoms with E-state index in [1.807, 2.05) is 43.1 Å². The van der Waals surface area contributed by atoms with E-state index >= 15 is 0 Å². The number of amides is 1. The van der Waals surface area contributed by atoms with Gasteiger partial charge in [0.1, 0.15) is 23.9 Å². The maximum Gasteiger partial charge on any atom is 0.289 e. The predicted octanol–water partition coefficient (Wildman–Crippen LogP) is 5.11. The summed E-state index contributed by atoms with van der Waals surface area (Å²) in [6, 6.07) is 9.67. The fourth-order valence-corrected chi connectivity index (χ4v) is 3.99. The van der Waals surface area contributed by atoms with E-state index in [-0.39, 0.29) is 17.9 Å². The van der Waals surface area contributed by atoms with Gasteiger partial charge >= 0.3 is 0 Å². The Balaban J connectivity index is 1.31. The highest BCUT2D eigenvalue weighted by Gasteiger charge is 2.24. The van der Waals surface area contributed by atoms with Crippen LogP contribution in [0.2, 0.25) is 0 Å². The van der Waals surface area contributed by atoms with Gasteiger partial charge in [-0.15, -0.1) is 0 Å². The highest BCUT2D eigenvalue weighted by atomic mass is 16.5. The summed E-state index contributed by atoms with van der Waals surface area (Å²) in [6.45, 7) is 14.3. The molecule has 1 fully saturated rings. The highest BCUT2D eigenvalue weighted by molar-refractivity contribution is 5.91. The van der Waals surface area contributed by atoms with Gasteiger partial charge in [-0.1, -0.05) is 32.9 Å². The molecule has 0 unspecified atom stereocenters. The Kier molecular flexibility index (Phi) is 7.12. The summed E-state index contributed by atoms with van der Waals surface area (Å²) in [5.74, 6) is 3.37. The number of furan rings is 1. The van der Waals surface area contributed by atoms with E-state index in [1.165, 1.54) is 0 Å². The molecule has 0 radical (unpaired) electrons. The average molecular weight is 466 g/mol. The van der Waals surface area contributed by atoms with Crippen LogP contribution in [0.3, 0.4) is 0 Å². The molecule has 3 aromatic rings. The summed E-state index contributed by atoms with van der Waals surface area (Å²) in [7, 11) is 0. The van der Waals surface area contributed by atoms with Gasteiger partial charge in [0.2, 0.25) is 5.89 Å². The number of hydrogen-bond acceptors (Lipinski definition) is 6. The quantitative estimate of drug-likeness (QED) is 0.504. The van der Waals surface area contributed by atoms with Gasteiger partial charge in [-0.05, 0) is 49.6 Å². The van der Waals surface area contributed by atoms with Crippen LogP contribution in [0.1, 0.15) is 66.3 Å². The maximum atomic E-state index is 13.1. The van der Waals surface area contributed by atoms with Crippen LogP contribution in [0.25, 0.3) is 0 Å². The third kappa shape index (κ3) is 5.89. The average Bonchev–Trinajstić information content (AvgIpc) is 3.40. The molecule has 0 aliphatic carbocycles. The Morgan fingerprint density at radius 3 is 2.65 bits per heavy atom. The maximum absolute atomic E-state index is 13.1. The molecule has 0 saturated carbocycles. The van der Waals surface area contributed by atoms with Crippen molar-refractivity contribution in [1.82, 2.24) is 14.8 Å². The molecule has 7 heteroatoms. The first kappa shape index (κ1) is 24.1. The molecular weight excluding hydrogens is 430 g/mol. The number of nitrogens with zero attached hydrogens (tertiary/aromatic N) is 3. The Morgan fingerprint density at radius 1 is 1.06 bits per heavy atom. The molecule has 0 bridgehead atoms. The Bertz CT molecular complexity index is 1130. The van der Waals surface area contributed by atoms with E-state index in [0.717, 1.165) is 48.0 Å². The second kappa shape index (κ2) is 10.1. The first-order chi connectivity index (χ1) is 16.2. The van der Waals surface area contributed by atoms with Crippen LogP contribution in [0.4, 0.5) is 0 Å². The fourth-order valence-electron chi connectivity index (χ4n) is 3.99. The number of carbonyl (C=O) groups is 1. The number of aryl methyl sites for hydroxylation is 2. The van der Waals surface area contributed by atoms with Crippen molar-refractivity contribution in [2.75, 3.05) is 26.2 Å². The van der Waals surface area contributed by atoms with Gasteiger partial charge in [-0.2, -0.15) is 0 Å². The van der Waals surface area contributed by atoms with Crippen molar-refractivity contribution in [2.24, 2.45) is 0 Å². The van der Waals surface area contributed by atoms with Crippen LogP contribution in [-0.2, 0) is 18.6 Å². The summed E-state index contributed by atoms with van der Waals surface area (Å²) in [4.78, 5) is 21.7. The molecule has 1 saturated heterocycles. The first-order valence-electron chi connectivity index (χ1n) is 11.9. The number of carbonyl (C=O) groups excluding carboxylic acids is 1. The second-order valence-electron chi connectivity index (χ2n) is 10.1. The number of hydrogen-bond donors (Lipinski definition) is 0. The molecule has 1 aliphatic rings. The summed E-state index contributed by atoms with van der Waals surface area (Å²) >= 11 is 0. The van der Waals surface area contributed by atoms with Crippen LogP contribution in [0, 0.1) is 13.8 Å². The lowest BCUT2D eigenvalue weighted by Gasteiger charge is -2.20. The van der Waals surface area contributed by atoms with E-state index in [2.05, 4.69) is 36.7 Å². The van der Waals surface area contributed by atoms with Crippen LogP contribution in [-0.4, -0.2) is 46.9 Å². The number of aromatic nitrogens is 1. The molecule has 0 N–H and O–H groups in total. The lowest BCUT2D eigenvalue weighted by Crippen LogP contribution is -2.35.